The van der Waals surface area contributed by atoms with Crippen LogP contribution in [-0.4, -0.2) is 9.38 Å². The van der Waals surface area contributed by atoms with Crippen molar-refractivity contribution >= 4 is 17.1 Å². The fourth-order valence-corrected chi connectivity index (χ4v) is 1.40. The molecule has 0 aromatic carbocycles. The van der Waals surface area contributed by atoms with E-state index in [9.17, 15) is 0 Å². The molecule has 0 fully saturated rings. The quantitative estimate of drug-likeness (QED) is 0.724. The van der Waals surface area contributed by atoms with Crippen LogP contribution in [0.4, 0.5) is 0 Å². The highest BCUT2D eigenvalue weighted by atomic mass is 35.5. The number of hydrogen-bond acceptors (Lipinski definition) is 2. The molecule has 62 valence electrons. The Morgan fingerprint density at radius 1 is 1.58 bits per heavy atom. The van der Waals surface area contributed by atoms with Crippen molar-refractivity contribution in [2.75, 3.05) is 0 Å². The molecule has 4 heteroatoms. The average molecular weight is 182 g/mol. The molecule has 0 unspecified atom stereocenters. The average Bonchev–Trinajstić information content (AvgIpc) is 2.49. The molecule has 0 aliphatic carbocycles. The topological polar surface area (TPSA) is 43.3 Å². The Kier molecular flexibility index (Phi) is 1.75. The molecule has 2 aromatic rings. The van der Waals surface area contributed by atoms with Crippen molar-refractivity contribution in [3.63, 3.8) is 0 Å². The van der Waals surface area contributed by atoms with E-state index < -0.39 is 0 Å². The van der Waals surface area contributed by atoms with Gasteiger partial charge in [-0.3, -0.25) is 0 Å². The molecule has 3 nitrogen and oxygen atoms in total. The van der Waals surface area contributed by atoms with Gasteiger partial charge in [-0.25, -0.2) is 4.98 Å². The van der Waals surface area contributed by atoms with Crippen molar-refractivity contribution in [2.45, 2.75) is 6.54 Å². The van der Waals surface area contributed by atoms with Crippen LogP contribution in [0.1, 0.15) is 5.82 Å². The highest BCUT2D eigenvalue weighted by Crippen LogP contribution is 2.17. The second-order valence-corrected chi connectivity index (χ2v) is 2.90. The van der Waals surface area contributed by atoms with Crippen LogP contribution in [0.25, 0.3) is 5.52 Å². The molecule has 12 heavy (non-hydrogen) atoms. The maximum Gasteiger partial charge on any atom is 0.127 e. The lowest BCUT2D eigenvalue weighted by Gasteiger charge is -1.97. The summed E-state index contributed by atoms with van der Waals surface area (Å²) in [4.78, 5) is 4.13. The van der Waals surface area contributed by atoms with Crippen LogP contribution in [0.15, 0.2) is 24.5 Å². The van der Waals surface area contributed by atoms with E-state index in [2.05, 4.69) is 4.98 Å². The summed E-state index contributed by atoms with van der Waals surface area (Å²) in [6.45, 7) is 0.425. The number of aromatic nitrogens is 2. The van der Waals surface area contributed by atoms with Crippen molar-refractivity contribution in [3.8, 4) is 0 Å². The van der Waals surface area contributed by atoms with Gasteiger partial charge in [0, 0.05) is 6.20 Å². The fourth-order valence-electron chi connectivity index (χ4n) is 1.19. The Bertz CT molecular complexity index is 408. The monoisotopic (exact) mass is 181 g/mol. The van der Waals surface area contributed by atoms with E-state index in [0.29, 0.717) is 11.6 Å². The van der Waals surface area contributed by atoms with Gasteiger partial charge in [-0.15, -0.1) is 0 Å². The highest BCUT2D eigenvalue weighted by Gasteiger charge is 2.02. The molecule has 0 saturated heterocycles. The summed E-state index contributed by atoms with van der Waals surface area (Å²) in [6, 6.07) is 3.70. The van der Waals surface area contributed by atoms with E-state index in [0.717, 1.165) is 11.3 Å². The number of fused-ring (bicyclic) bond motifs is 1. The molecule has 0 spiro atoms. The van der Waals surface area contributed by atoms with Gasteiger partial charge in [0.2, 0.25) is 0 Å². The van der Waals surface area contributed by atoms with Crippen LogP contribution in [0.5, 0.6) is 0 Å². The van der Waals surface area contributed by atoms with Crippen LogP contribution in [0, 0.1) is 0 Å². The molecule has 0 aliphatic rings. The third-order valence-electron chi connectivity index (χ3n) is 1.78. The smallest absolute Gasteiger partial charge is 0.127 e. The first-order chi connectivity index (χ1) is 5.83. The molecule has 0 bridgehead atoms. The number of nitrogens with two attached hydrogens (primary N) is 1. The molecule has 0 radical (unpaired) electrons. The van der Waals surface area contributed by atoms with Gasteiger partial charge in [-0.05, 0) is 12.1 Å². The Labute approximate surface area is 74.8 Å². The number of rotatable bonds is 1. The summed E-state index contributed by atoms with van der Waals surface area (Å²) >= 11 is 5.93. The Balaban J connectivity index is 2.80. The van der Waals surface area contributed by atoms with Gasteiger partial charge >= 0.3 is 0 Å². The van der Waals surface area contributed by atoms with Crippen molar-refractivity contribution < 1.29 is 0 Å². The van der Waals surface area contributed by atoms with Gasteiger partial charge < -0.3 is 10.1 Å². The summed E-state index contributed by atoms with van der Waals surface area (Å²) in [6.07, 6.45) is 3.63. The second kappa shape index (κ2) is 2.77. The zero-order valence-corrected chi connectivity index (χ0v) is 7.12. The van der Waals surface area contributed by atoms with E-state index in [1.807, 2.05) is 22.7 Å². The summed E-state index contributed by atoms with van der Waals surface area (Å²) < 4.78 is 1.89. The lowest BCUT2D eigenvalue weighted by molar-refractivity contribution is 0.903. The van der Waals surface area contributed by atoms with Gasteiger partial charge in [0.25, 0.3) is 0 Å². The Morgan fingerprint density at radius 3 is 3.17 bits per heavy atom. The molecule has 2 aromatic heterocycles. The SMILES string of the molecule is NCc1ncc2c(Cl)cccn12. The largest absolute Gasteiger partial charge is 0.324 e. The molecule has 2 rings (SSSR count). The van der Waals surface area contributed by atoms with Gasteiger partial charge in [0.15, 0.2) is 0 Å². The van der Waals surface area contributed by atoms with Gasteiger partial charge in [0.05, 0.1) is 23.3 Å². The van der Waals surface area contributed by atoms with Crippen molar-refractivity contribution in [3.05, 3.63) is 35.4 Å². The maximum atomic E-state index is 5.93. The normalized spacial score (nSPS) is 10.8. The number of imidazole rings is 1. The lowest BCUT2D eigenvalue weighted by atomic mass is 10.4. The molecule has 0 saturated carbocycles. The minimum atomic E-state index is 0.425. The predicted octanol–water partition coefficient (Wildman–Crippen LogP) is 1.45. The molecular formula is C8H8ClN3. The zero-order chi connectivity index (χ0) is 8.55. The third-order valence-corrected chi connectivity index (χ3v) is 2.10. The second-order valence-electron chi connectivity index (χ2n) is 2.49. The van der Waals surface area contributed by atoms with Crippen LogP contribution in [0.2, 0.25) is 5.02 Å². The molecular weight excluding hydrogens is 174 g/mol. The minimum Gasteiger partial charge on any atom is -0.324 e. The molecule has 0 amide bonds. The van der Waals surface area contributed by atoms with Crippen molar-refractivity contribution in [1.82, 2.24) is 9.38 Å². The summed E-state index contributed by atoms with van der Waals surface area (Å²) in [5, 5.41) is 0.699. The van der Waals surface area contributed by atoms with Crippen LogP contribution >= 0.6 is 11.6 Å². The molecule has 2 heterocycles. The van der Waals surface area contributed by atoms with E-state index in [1.165, 1.54) is 0 Å². The summed E-state index contributed by atoms with van der Waals surface area (Å²) in [5.41, 5.74) is 6.39. The fraction of sp³-hybridized carbons (Fsp3) is 0.125. The van der Waals surface area contributed by atoms with Gasteiger partial charge in [-0.2, -0.15) is 0 Å². The van der Waals surface area contributed by atoms with Crippen LogP contribution < -0.4 is 5.73 Å². The van der Waals surface area contributed by atoms with E-state index >= 15 is 0 Å². The molecule has 0 aliphatic heterocycles. The van der Waals surface area contributed by atoms with Crippen molar-refractivity contribution in [1.29, 1.82) is 0 Å². The van der Waals surface area contributed by atoms with Crippen LogP contribution in [-0.2, 0) is 6.54 Å². The number of hydrogen-bond donors (Lipinski definition) is 1. The van der Waals surface area contributed by atoms with E-state index in [-0.39, 0.29) is 0 Å². The Morgan fingerprint density at radius 2 is 2.42 bits per heavy atom. The third kappa shape index (κ3) is 0.983. The predicted molar refractivity (Wildman–Crippen MR) is 48.1 cm³/mol. The highest BCUT2D eigenvalue weighted by molar-refractivity contribution is 6.33. The molecule has 0 atom stereocenters. The summed E-state index contributed by atoms with van der Waals surface area (Å²) in [7, 11) is 0. The van der Waals surface area contributed by atoms with Crippen LogP contribution in [0.3, 0.4) is 0 Å². The number of nitrogens with zero attached hydrogens (tertiary/aromatic N) is 2. The van der Waals surface area contributed by atoms with E-state index in [4.69, 9.17) is 17.3 Å². The Hall–Kier alpha value is -1.06. The minimum absolute atomic E-state index is 0.425. The molecule has 2 N–H and O–H groups in total. The van der Waals surface area contributed by atoms with Gasteiger partial charge in [-0.1, -0.05) is 11.6 Å². The first-order valence-electron chi connectivity index (χ1n) is 3.63. The number of pyridine rings is 1. The zero-order valence-electron chi connectivity index (χ0n) is 6.37. The van der Waals surface area contributed by atoms with Crippen molar-refractivity contribution in [2.24, 2.45) is 5.73 Å². The standard InChI is InChI=1S/C8H8ClN3/c9-6-2-1-3-12-7(6)5-11-8(12)4-10/h1-3,5H,4,10H2. The van der Waals surface area contributed by atoms with E-state index in [1.54, 1.807) is 6.20 Å². The summed E-state index contributed by atoms with van der Waals surface area (Å²) in [5.74, 6) is 0.826. The first-order valence-corrected chi connectivity index (χ1v) is 4.01. The lowest BCUT2D eigenvalue weighted by Crippen LogP contribution is -2.01. The van der Waals surface area contributed by atoms with Gasteiger partial charge in [0.1, 0.15) is 5.82 Å². The number of halogens is 1. The maximum absolute atomic E-state index is 5.93. The first kappa shape index (κ1) is 7.58.